The van der Waals surface area contributed by atoms with Crippen LogP contribution < -0.4 is 24.5 Å². The van der Waals surface area contributed by atoms with Gasteiger partial charge in [-0.1, -0.05) is 37.1 Å². The maximum absolute atomic E-state index is 14.4. The zero-order chi connectivity index (χ0) is 40.1. The molecular formula is C40H53ClN8O6S2. The number of nitrogens with one attached hydrogen (secondary N) is 3. The molecule has 17 heteroatoms. The monoisotopic (exact) mass is 840 g/mol. The molecule has 0 spiro atoms. The number of ether oxygens (including phenoxy) is 1. The van der Waals surface area contributed by atoms with Crippen molar-refractivity contribution in [2.45, 2.75) is 132 Å². The first-order valence-electron chi connectivity index (χ1n) is 20.4. The van der Waals surface area contributed by atoms with Gasteiger partial charge < -0.3 is 19.9 Å². The number of hydrogen-bond donors (Lipinski definition) is 3. The van der Waals surface area contributed by atoms with Crippen molar-refractivity contribution in [3.05, 3.63) is 35.7 Å². The number of benzene rings is 1. The standard InChI is InChI=1S/C40H53ClN8O6S2/c1-25(2)49-31-16-12-14-28(30-24-56-38(42-30)47-19-10-7-11-20-47)33(31)43-37(49)55-27-21-32-34(50)44-40(36(52)46-57(53,54)39(3)17-18-39)22-26(40)13-8-5-4-6-9-15-29(45-41)35(51)48(32)23-27/h8,12-14,16,24-27,29,32,45H,4-7,9-11,15,17-23H2,1-3H3,(H,44,50)(H,46,52)/b13-8-/t26-,27-,29+,32+,40-/m1/s1. The fraction of sp³-hybridized carbons (Fsp3) is 0.625. The SMILES string of the molecule is CC(C)n1c(O[C@@H]2C[C@H]3C(=O)N[C@]4(C(=O)NS(=O)(=O)C5(C)CC5)C[C@H]4/C=C\CCCCC[C@H](NCl)C(=O)N3C2)nc2c(-c3csc(N4CCCCC4)n3)cccc21. The van der Waals surface area contributed by atoms with Gasteiger partial charge in [-0.2, -0.15) is 4.98 Å². The first kappa shape index (κ1) is 40.1. The molecule has 14 nitrogen and oxygen atoms in total. The first-order valence-corrected chi connectivity index (χ1v) is 23.2. The van der Waals surface area contributed by atoms with Gasteiger partial charge in [0.2, 0.25) is 21.8 Å². The largest absolute Gasteiger partial charge is 0.459 e. The molecule has 8 rings (SSSR count). The Morgan fingerprint density at radius 1 is 1.09 bits per heavy atom. The van der Waals surface area contributed by atoms with Crippen LogP contribution in [-0.4, -0.2) is 93.7 Å². The van der Waals surface area contributed by atoms with E-state index in [0.717, 1.165) is 79.0 Å². The summed E-state index contributed by atoms with van der Waals surface area (Å²) in [7, 11) is -3.95. The molecule has 5 aliphatic rings. The number of carbonyl (C=O) groups is 3. The second-order valence-corrected chi connectivity index (χ2v) is 20.2. The molecule has 5 atom stereocenters. The van der Waals surface area contributed by atoms with Gasteiger partial charge in [-0.05, 0) is 96.4 Å². The molecule has 5 heterocycles. The van der Waals surface area contributed by atoms with Crippen molar-refractivity contribution in [1.29, 1.82) is 0 Å². The summed E-state index contributed by atoms with van der Waals surface area (Å²) in [5.41, 5.74) is 1.92. The van der Waals surface area contributed by atoms with E-state index in [1.165, 1.54) is 11.3 Å². The third kappa shape index (κ3) is 7.78. The average molecular weight is 842 g/mol. The van der Waals surface area contributed by atoms with Crippen LogP contribution in [0.1, 0.15) is 104 Å². The molecule has 2 aromatic heterocycles. The van der Waals surface area contributed by atoms with Crippen molar-refractivity contribution >= 4 is 67.0 Å². The molecule has 3 aromatic rings. The van der Waals surface area contributed by atoms with E-state index in [1.807, 2.05) is 34.9 Å². The summed E-state index contributed by atoms with van der Waals surface area (Å²) in [6.07, 6.45) is 11.9. The van der Waals surface area contributed by atoms with Gasteiger partial charge in [0.25, 0.3) is 11.9 Å². The van der Waals surface area contributed by atoms with E-state index >= 15 is 0 Å². The Kier molecular flexibility index (Phi) is 11.1. The van der Waals surface area contributed by atoms with Crippen molar-refractivity contribution in [1.82, 2.24) is 34.3 Å². The second-order valence-electron chi connectivity index (χ2n) is 17.0. The Morgan fingerprint density at radius 2 is 1.86 bits per heavy atom. The molecule has 3 aliphatic heterocycles. The predicted octanol–water partition coefficient (Wildman–Crippen LogP) is 5.59. The van der Waals surface area contributed by atoms with Crippen LogP contribution in [0.5, 0.6) is 6.01 Å². The zero-order valence-electron chi connectivity index (χ0n) is 32.8. The Balaban J connectivity index is 1.09. The number of para-hydroxylation sites is 1. The van der Waals surface area contributed by atoms with Crippen LogP contribution in [0.15, 0.2) is 35.7 Å². The van der Waals surface area contributed by atoms with Gasteiger partial charge >= 0.3 is 0 Å². The normalized spacial score (nSPS) is 28.6. The number of carbonyl (C=O) groups excluding carboxylic acids is 3. The van der Waals surface area contributed by atoms with E-state index in [2.05, 4.69) is 39.0 Å². The predicted molar refractivity (Wildman–Crippen MR) is 221 cm³/mol. The summed E-state index contributed by atoms with van der Waals surface area (Å²) in [5, 5.41) is 6.03. The molecule has 3 N–H and O–H groups in total. The van der Waals surface area contributed by atoms with Crippen LogP contribution in [0, 0.1) is 5.92 Å². The third-order valence-corrected chi connectivity index (χ3v) is 15.8. The summed E-state index contributed by atoms with van der Waals surface area (Å²) >= 11 is 7.82. The van der Waals surface area contributed by atoms with Gasteiger partial charge in [0.15, 0.2) is 5.13 Å². The van der Waals surface area contributed by atoms with Gasteiger partial charge in [0.05, 0.1) is 22.5 Å². The number of rotatable bonds is 9. The van der Waals surface area contributed by atoms with Crippen molar-refractivity contribution in [2.24, 2.45) is 5.92 Å². The van der Waals surface area contributed by atoms with Crippen LogP contribution in [-0.2, 0) is 24.4 Å². The van der Waals surface area contributed by atoms with Crippen LogP contribution >= 0.6 is 23.1 Å². The van der Waals surface area contributed by atoms with Gasteiger partial charge in [-0.15, -0.1) is 11.3 Å². The highest BCUT2D eigenvalue weighted by atomic mass is 35.5. The number of hydrogen-bond acceptors (Lipinski definition) is 11. The van der Waals surface area contributed by atoms with E-state index in [-0.39, 0.29) is 31.3 Å². The fourth-order valence-electron chi connectivity index (χ4n) is 8.57. The molecule has 57 heavy (non-hydrogen) atoms. The molecule has 0 unspecified atom stereocenters. The summed E-state index contributed by atoms with van der Waals surface area (Å²) in [5.74, 6) is -2.03. The van der Waals surface area contributed by atoms with E-state index in [9.17, 15) is 22.8 Å². The molecule has 2 saturated heterocycles. The maximum Gasteiger partial charge on any atom is 0.297 e. The Bertz CT molecular complexity index is 2160. The van der Waals surface area contributed by atoms with E-state index < -0.39 is 56.2 Å². The number of anilines is 1. The summed E-state index contributed by atoms with van der Waals surface area (Å²) in [6, 6.07) is 4.62. The molecular weight excluding hydrogens is 788 g/mol. The van der Waals surface area contributed by atoms with Crippen molar-refractivity contribution in [2.75, 3.05) is 24.5 Å². The second kappa shape index (κ2) is 15.8. The number of allylic oxidation sites excluding steroid dienone is 1. The number of fused-ring (bicyclic) bond motifs is 3. The minimum atomic E-state index is -3.95. The smallest absolute Gasteiger partial charge is 0.297 e. The number of piperidine rings is 1. The molecule has 0 radical (unpaired) electrons. The zero-order valence-corrected chi connectivity index (χ0v) is 35.2. The molecule has 3 amide bonds. The third-order valence-electron chi connectivity index (χ3n) is 12.5. The topological polar surface area (TPSA) is 168 Å². The minimum Gasteiger partial charge on any atom is -0.459 e. The maximum atomic E-state index is 14.4. The summed E-state index contributed by atoms with van der Waals surface area (Å²) in [4.78, 5) is 59.1. The minimum absolute atomic E-state index is 0.0337. The molecule has 308 valence electrons. The lowest BCUT2D eigenvalue weighted by atomic mass is 10.1. The summed E-state index contributed by atoms with van der Waals surface area (Å²) < 4.78 is 36.4. The number of thiazole rings is 1. The van der Waals surface area contributed by atoms with Crippen LogP contribution in [0.25, 0.3) is 22.3 Å². The van der Waals surface area contributed by atoms with E-state index in [0.29, 0.717) is 25.3 Å². The van der Waals surface area contributed by atoms with Gasteiger partial charge in [0, 0.05) is 42.4 Å². The van der Waals surface area contributed by atoms with Gasteiger partial charge in [0.1, 0.15) is 29.2 Å². The Labute approximate surface area is 343 Å². The molecule has 4 fully saturated rings. The highest BCUT2D eigenvalue weighted by Gasteiger charge is 2.63. The summed E-state index contributed by atoms with van der Waals surface area (Å²) in [6.45, 7) is 7.82. The fourth-order valence-corrected chi connectivity index (χ4v) is 11.0. The van der Waals surface area contributed by atoms with E-state index in [4.69, 9.17) is 26.5 Å². The van der Waals surface area contributed by atoms with Crippen LogP contribution in [0.4, 0.5) is 5.13 Å². The molecule has 1 aromatic carbocycles. The van der Waals surface area contributed by atoms with Crippen LogP contribution in [0.3, 0.4) is 0 Å². The first-order chi connectivity index (χ1) is 27.3. The van der Waals surface area contributed by atoms with Crippen molar-refractivity contribution < 1.29 is 27.5 Å². The number of imidazole rings is 1. The number of aromatic nitrogens is 3. The number of nitrogens with zero attached hydrogens (tertiary/aromatic N) is 5. The van der Waals surface area contributed by atoms with Crippen molar-refractivity contribution in [3.63, 3.8) is 0 Å². The Morgan fingerprint density at radius 3 is 2.60 bits per heavy atom. The lowest BCUT2D eigenvalue weighted by Gasteiger charge is -2.29. The molecule has 2 aliphatic carbocycles. The number of amides is 3. The lowest BCUT2D eigenvalue weighted by Crippen LogP contribution is -2.58. The molecule has 0 bridgehead atoms. The average Bonchev–Trinajstić information content (AvgIpc) is 3.86. The Hall–Kier alpha value is -3.73. The van der Waals surface area contributed by atoms with Crippen LogP contribution in [0.2, 0.25) is 0 Å². The highest BCUT2D eigenvalue weighted by Crippen LogP contribution is 2.48. The molecule has 2 saturated carbocycles. The number of sulfonamides is 1. The van der Waals surface area contributed by atoms with E-state index in [1.54, 1.807) is 18.3 Å². The van der Waals surface area contributed by atoms with Gasteiger partial charge in [-0.3, -0.25) is 23.7 Å². The van der Waals surface area contributed by atoms with Crippen molar-refractivity contribution in [3.8, 4) is 17.3 Å². The highest BCUT2D eigenvalue weighted by molar-refractivity contribution is 7.91. The number of halogens is 1. The lowest BCUT2D eigenvalue weighted by molar-refractivity contribution is -0.141. The quantitative estimate of drug-likeness (QED) is 0.183. The van der Waals surface area contributed by atoms with Gasteiger partial charge in [-0.25, -0.2) is 18.2 Å².